The lowest BCUT2D eigenvalue weighted by atomic mass is 9.93. The standard InChI is InChI=1S/C10H22N2/c1-9(2)5-6-12(7-9)8-10(3,4)11/h5-8,11H2,1-4H3. The number of likely N-dealkylation sites (tertiary alicyclic amines) is 1. The molecule has 1 saturated heterocycles. The molecule has 0 aromatic carbocycles. The average molecular weight is 170 g/mol. The molecule has 0 spiro atoms. The molecular formula is C10H22N2. The number of nitrogens with two attached hydrogens (primary N) is 1. The summed E-state index contributed by atoms with van der Waals surface area (Å²) in [6.45, 7) is 12.3. The van der Waals surface area contributed by atoms with E-state index in [2.05, 4.69) is 32.6 Å². The van der Waals surface area contributed by atoms with Crippen LogP contribution in [0.25, 0.3) is 0 Å². The minimum absolute atomic E-state index is 0.0412. The summed E-state index contributed by atoms with van der Waals surface area (Å²) in [5.74, 6) is 0. The van der Waals surface area contributed by atoms with Crippen LogP contribution in [0.5, 0.6) is 0 Å². The monoisotopic (exact) mass is 170 g/mol. The molecule has 0 saturated carbocycles. The molecule has 0 atom stereocenters. The predicted octanol–water partition coefficient (Wildman–Crippen LogP) is 1.46. The minimum Gasteiger partial charge on any atom is -0.324 e. The van der Waals surface area contributed by atoms with E-state index < -0.39 is 0 Å². The smallest absolute Gasteiger partial charge is 0.0226 e. The molecule has 0 aliphatic carbocycles. The summed E-state index contributed by atoms with van der Waals surface area (Å²) < 4.78 is 0. The van der Waals surface area contributed by atoms with Gasteiger partial charge < -0.3 is 10.6 Å². The fourth-order valence-corrected chi connectivity index (χ4v) is 1.94. The second-order valence-corrected chi connectivity index (χ2v) is 5.61. The van der Waals surface area contributed by atoms with Crippen LogP contribution >= 0.6 is 0 Å². The Labute approximate surface area is 76.1 Å². The maximum absolute atomic E-state index is 5.96. The van der Waals surface area contributed by atoms with Gasteiger partial charge >= 0.3 is 0 Å². The molecule has 0 bridgehead atoms. The van der Waals surface area contributed by atoms with Gasteiger partial charge in [-0.25, -0.2) is 0 Å². The summed E-state index contributed by atoms with van der Waals surface area (Å²) >= 11 is 0. The van der Waals surface area contributed by atoms with Crippen LogP contribution in [0.4, 0.5) is 0 Å². The van der Waals surface area contributed by atoms with Crippen LogP contribution in [0.1, 0.15) is 34.1 Å². The van der Waals surface area contributed by atoms with E-state index in [4.69, 9.17) is 5.73 Å². The number of hydrogen-bond donors (Lipinski definition) is 1. The van der Waals surface area contributed by atoms with Gasteiger partial charge in [0.05, 0.1) is 0 Å². The third-order valence-electron chi connectivity index (χ3n) is 2.39. The lowest BCUT2D eigenvalue weighted by Gasteiger charge is -2.27. The lowest BCUT2D eigenvalue weighted by molar-refractivity contribution is 0.244. The third kappa shape index (κ3) is 3.11. The average Bonchev–Trinajstić information content (AvgIpc) is 2.05. The first-order chi connectivity index (χ1) is 5.29. The highest BCUT2D eigenvalue weighted by Gasteiger charge is 2.30. The maximum Gasteiger partial charge on any atom is 0.0226 e. The fraction of sp³-hybridized carbons (Fsp3) is 1.00. The van der Waals surface area contributed by atoms with Gasteiger partial charge in [0.25, 0.3) is 0 Å². The van der Waals surface area contributed by atoms with E-state index in [1.54, 1.807) is 0 Å². The van der Waals surface area contributed by atoms with E-state index in [0.29, 0.717) is 5.41 Å². The maximum atomic E-state index is 5.96. The molecule has 1 aliphatic rings. The molecule has 1 aliphatic heterocycles. The van der Waals surface area contributed by atoms with Crippen LogP contribution in [0.3, 0.4) is 0 Å². The molecule has 2 heteroatoms. The van der Waals surface area contributed by atoms with Crippen molar-refractivity contribution in [3.63, 3.8) is 0 Å². The first-order valence-corrected chi connectivity index (χ1v) is 4.80. The molecule has 0 unspecified atom stereocenters. The molecular weight excluding hydrogens is 148 g/mol. The van der Waals surface area contributed by atoms with Gasteiger partial charge in [0.15, 0.2) is 0 Å². The van der Waals surface area contributed by atoms with Crippen LogP contribution in [0.2, 0.25) is 0 Å². The van der Waals surface area contributed by atoms with Gasteiger partial charge in [0.1, 0.15) is 0 Å². The van der Waals surface area contributed by atoms with Crippen molar-refractivity contribution in [1.82, 2.24) is 4.90 Å². The van der Waals surface area contributed by atoms with E-state index in [9.17, 15) is 0 Å². The van der Waals surface area contributed by atoms with Gasteiger partial charge in [-0.1, -0.05) is 13.8 Å². The molecule has 0 aromatic heterocycles. The highest BCUT2D eigenvalue weighted by Crippen LogP contribution is 2.29. The number of hydrogen-bond acceptors (Lipinski definition) is 2. The Kier molecular flexibility index (Phi) is 2.50. The van der Waals surface area contributed by atoms with Gasteiger partial charge in [0, 0.05) is 18.6 Å². The summed E-state index contributed by atoms with van der Waals surface area (Å²) in [5, 5.41) is 0. The Morgan fingerprint density at radius 3 is 2.33 bits per heavy atom. The van der Waals surface area contributed by atoms with Gasteiger partial charge in [-0.05, 0) is 32.2 Å². The zero-order valence-corrected chi connectivity index (χ0v) is 8.85. The molecule has 12 heavy (non-hydrogen) atoms. The van der Waals surface area contributed by atoms with Gasteiger partial charge in [-0.15, -0.1) is 0 Å². The van der Waals surface area contributed by atoms with E-state index in [1.165, 1.54) is 19.5 Å². The Morgan fingerprint density at radius 1 is 1.42 bits per heavy atom. The second kappa shape index (κ2) is 3.00. The molecule has 0 amide bonds. The van der Waals surface area contributed by atoms with E-state index in [1.807, 2.05) is 0 Å². The Hall–Kier alpha value is -0.0800. The van der Waals surface area contributed by atoms with Crippen molar-refractivity contribution in [2.75, 3.05) is 19.6 Å². The van der Waals surface area contributed by atoms with Gasteiger partial charge in [-0.3, -0.25) is 0 Å². The molecule has 0 aromatic rings. The Bertz CT molecular complexity index is 156. The summed E-state index contributed by atoms with van der Waals surface area (Å²) in [6.07, 6.45) is 1.31. The van der Waals surface area contributed by atoms with E-state index in [-0.39, 0.29) is 5.54 Å². The molecule has 1 heterocycles. The van der Waals surface area contributed by atoms with Crippen molar-refractivity contribution in [3.8, 4) is 0 Å². The van der Waals surface area contributed by atoms with Crippen molar-refractivity contribution in [3.05, 3.63) is 0 Å². The molecule has 1 rings (SSSR count). The molecule has 72 valence electrons. The summed E-state index contributed by atoms with van der Waals surface area (Å²) in [6, 6.07) is 0. The van der Waals surface area contributed by atoms with Crippen LogP contribution in [-0.2, 0) is 0 Å². The van der Waals surface area contributed by atoms with Crippen molar-refractivity contribution in [1.29, 1.82) is 0 Å². The first-order valence-electron chi connectivity index (χ1n) is 4.80. The summed E-state index contributed by atoms with van der Waals surface area (Å²) in [4.78, 5) is 2.47. The summed E-state index contributed by atoms with van der Waals surface area (Å²) in [7, 11) is 0. The second-order valence-electron chi connectivity index (χ2n) is 5.61. The SMILES string of the molecule is CC(C)(N)CN1CCC(C)(C)C1. The van der Waals surface area contributed by atoms with E-state index in [0.717, 1.165) is 6.54 Å². The quantitative estimate of drug-likeness (QED) is 0.680. The predicted molar refractivity (Wildman–Crippen MR) is 53.1 cm³/mol. The molecule has 2 nitrogen and oxygen atoms in total. The number of nitrogens with zero attached hydrogens (tertiary/aromatic N) is 1. The van der Waals surface area contributed by atoms with Crippen molar-refractivity contribution in [2.24, 2.45) is 11.1 Å². The van der Waals surface area contributed by atoms with Gasteiger partial charge in [0.2, 0.25) is 0 Å². The van der Waals surface area contributed by atoms with E-state index >= 15 is 0 Å². The highest BCUT2D eigenvalue weighted by atomic mass is 15.2. The van der Waals surface area contributed by atoms with Crippen LogP contribution < -0.4 is 5.73 Å². The molecule has 1 fully saturated rings. The Morgan fingerprint density at radius 2 is 2.00 bits per heavy atom. The van der Waals surface area contributed by atoms with Gasteiger partial charge in [-0.2, -0.15) is 0 Å². The van der Waals surface area contributed by atoms with Crippen molar-refractivity contribution < 1.29 is 0 Å². The minimum atomic E-state index is -0.0412. The fourth-order valence-electron chi connectivity index (χ4n) is 1.94. The van der Waals surface area contributed by atoms with Crippen molar-refractivity contribution in [2.45, 2.75) is 39.7 Å². The Balaban J connectivity index is 2.39. The van der Waals surface area contributed by atoms with Crippen molar-refractivity contribution >= 4 is 0 Å². The third-order valence-corrected chi connectivity index (χ3v) is 2.39. The van der Waals surface area contributed by atoms with Crippen LogP contribution in [-0.4, -0.2) is 30.1 Å². The highest BCUT2D eigenvalue weighted by molar-refractivity contribution is 4.87. The van der Waals surface area contributed by atoms with Crippen LogP contribution in [0, 0.1) is 5.41 Å². The molecule has 0 radical (unpaired) electrons. The summed E-state index contributed by atoms with van der Waals surface area (Å²) in [5.41, 5.74) is 6.43. The lowest BCUT2D eigenvalue weighted by Crippen LogP contribution is -2.44. The zero-order chi connectivity index (χ0) is 9.41. The normalized spacial score (nSPS) is 24.8. The molecule has 2 N–H and O–H groups in total. The topological polar surface area (TPSA) is 29.3 Å². The van der Waals surface area contributed by atoms with Crippen LogP contribution in [0.15, 0.2) is 0 Å². The first kappa shape index (κ1) is 10.0. The number of rotatable bonds is 2. The zero-order valence-electron chi connectivity index (χ0n) is 8.85. The largest absolute Gasteiger partial charge is 0.324 e.